The summed E-state index contributed by atoms with van der Waals surface area (Å²) in [5, 5.41) is 3.53. The maximum Gasteiger partial charge on any atom is 0.240 e. The second kappa shape index (κ2) is 6.95. The maximum atomic E-state index is 12.1. The van der Waals surface area contributed by atoms with Crippen LogP contribution in [0.15, 0.2) is 24.3 Å². The summed E-state index contributed by atoms with van der Waals surface area (Å²) in [6, 6.07) is 7.14. The quantitative estimate of drug-likeness (QED) is 0.821. The Balaban J connectivity index is 1.70. The fraction of sp³-hybridized carbons (Fsp3) is 0.533. The lowest BCUT2D eigenvalue weighted by atomic mass is 9.82. The van der Waals surface area contributed by atoms with Crippen molar-refractivity contribution in [2.45, 2.75) is 37.6 Å². The van der Waals surface area contributed by atoms with Crippen molar-refractivity contribution in [2.24, 2.45) is 5.73 Å². The molecule has 5 heteroatoms. The first-order valence-electron chi connectivity index (χ1n) is 7.06. The summed E-state index contributed by atoms with van der Waals surface area (Å²) in [7, 11) is 0. The van der Waals surface area contributed by atoms with E-state index in [1.165, 1.54) is 6.42 Å². The van der Waals surface area contributed by atoms with E-state index in [4.69, 9.17) is 22.1 Å². The average Bonchev–Trinajstić information content (AvgIpc) is 2.46. The van der Waals surface area contributed by atoms with Crippen molar-refractivity contribution in [1.29, 1.82) is 0 Å². The molecule has 0 bridgehead atoms. The number of hydrogen-bond donors (Lipinski definition) is 2. The molecule has 1 aromatic carbocycles. The van der Waals surface area contributed by atoms with Gasteiger partial charge in [0.05, 0.1) is 12.1 Å². The molecule has 0 heterocycles. The monoisotopic (exact) mass is 296 g/mol. The molecule has 0 unspecified atom stereocenters. The van der Waals surface area contributed by atoms with Gasteiger partial charge in [0.1, 0.15) is 12.4 Å². The molecule has 1 aromatic rings. The molecule has 110 valence electrons. The largest absolute Gasteiger partial charge is 0.492 e. The number of nitrogens with one attached hydrogen (secondary N) is 1. The van der Waals surface area contributed by atoms with Gasteiger partial charge in [0, 0.05) is 5.02 Å². The third kappa shape index (κ3) is 4.12. The molecule has 1 aliphatic carbocycles. The molecule has 0 spiro atoms. The van der Waals surface area contributed by atoms with Gasteiger partial charge in [-0.2, -0.15) is 0 Å². The number of carbonyl (C=O) groups excluding carboxylic acids is 1. The van der Waals surface area contributed by atoms with Gasteiger partial charge in [0.15, 0.2) is 0 Å². The van der Waals surface area contributed by atoms with E-state index in [9.17, 15) is 4.79 Å². The second-order valence-corrected chi connectivity index (χ2v) is 5.71. The first-order valence-corrected chi connectivity index (χ1v) is 7.43. The van der Waals surface area contributed by atoms with Crippen LogP contribution in [0.2, 0.25) is 5.02 Å². The van der Waals surface area contributed by atoms with Crippen molar-refractivity contribution in [3.05, 3.63) is 29.3 Å². The molecule has 20 heavy (non-hydrogen) atoms. The summed E-state index contributed by atoms with van der Waals surface area (Å²) in [5.74, 6) is 0.681. The van der Waals surface area contributed by atoms with Gasteiger partial charge in [-0.3, -0.25) is 4.79 Å². The number of nitrogens with two attached hydrogens (primary N) is 1. The Morgan fingerprint density at radius 1 is 1.25 bits per heavy atom. The zero-order valence-electron chi connectivity index (χ0n) is 11.5. The number of amides is 1. The van der Waals surface area contributed by atoms with Crippen LogP contribution >= 0.6 is 11.6 Å². The van der Waals surface area contributed by atoms with Gasteiger partial charge in [0.2, 0.25) is 5.91 Å². The number of carbonyl (C=O) groups is 1. The van der Waals surface area contributed by atoms with Crippen LogP contribution in [0.4, 0.5) is 0 Å². The number of ether oxygens (including phenoxy) is 1. The van der Waals surface area contributed by atoms with E-state index >= 15 is 0 Å². The molecule has 0 atom stereocenters. The van der Waals surface area contributed by atoms with Crippen LogP contribution in [0.1, 0.15) is 32.1 Å². The standard InChI is InChI=1S/C15H21ClN2O2/c16-12-4-6-13(7-5-12)20-11-10-18-14(19)15(17)8-2-1-3-9-15/h4-7H,1-3,8-11,17H2,(H,18,19). The molecular formula is C15H21ClN2O2. The van der Waals surface area contributed by atoms with Gasteiger partial charge in [-0.15, -0.1) is 0 Å². The highest BCUT2D eigenvalue weighted by atomic mass is 35.5. The van der Waals surface area contributed by atoms with Crippen molar-refractivity contribution in [2.75, 3.05) is 13.2 Å². The van der Waals surface area contributed by atoms with E-state index < -0.39 is 5.54 Å². The van der Waals surface area contributed by atoms with Gasteiger partial charge >= 0.3 is 0 Å². The molecule has 4 nitrogen and oxygen atoms in total. The predicted molar refractivity (Wildman–Crippen MR) is 80.0 cm³/mol. The maximum absolute atomic E-state index is 12.1. The summed E-state index contributed by atoms with van der Waals surface area (Å²) in [5.41, 5.74) is 5.46. The lowest BCUT2D eigenvalue weighted by Gasteiger charge is -2.31. The van der Waals surface area contributed by atoms with Crippen molar-refractivity contribution in [3.8, 4) is 5.75 Å². The molecule has 0 saturated heterocycles. The Morgan fingerprint density at radius 3 is 2.55 bits per heavy atom. The van der Waals surface area contributed by atoms with Crippen molar-refractivity contribution in [1.82, 2.24) is 5.32 Å². The molecular weight excluding hydrogens is 276 g/mol. The number of hydrogen-bond acceptors (Lipinski definition) is 3. The molecule has 0 aliphatic heterocycles. The lowest BCUT2D eigenvalue weighted by molar-refractivity contribution is -0.127. The Labute approximate surface area is 124 Å². The van der Waals surface area contributed by atoms with Gasteiger partial charge in [0.25, 0.3) is 0 Å². The molecule has 1 saturated carbocycles. The first kappa shape index (κ1) is 15.1. The van der Waals surface area contributed by atoms with Crippen LogP contribution in [-0.2, 0) is 4.79 Å². The highest BCUT2D eigenvalue weighted by Crippen LogP contribution is 2.25. The van der Waals surface area contributed by atoms with Crippen molar-refractivity contribution in [3.63, 3.8) is 0 Å². The van der Waals surface area contributed by atoms with Crippen molar-refractivity contribution < 1.29 is 9.53 Å². The molecule has 3 N–H and O–H groups in total. The SMILES string of the molecule is NC1(C(=O)NCCOc2ccc(Cl)cc2)CCCCC1. The minimum Gasteiger partial charge on any atom is -0.492 e. The van der Waals surface area contributed by atoms with E-state index in [2.05, 4.69) is 5.32 Å². The van der Waals surface area contributed by atoms with E-state index in [1.54, 1.807) is 24.3 Å². The third-order valence-corrected chi connectivity index (χ3v) is 3.92. The average molecular weight is 297 g/mol. The van der Waals surface area contributed by atoms with Crippen molar-refractivity contribution >= 4 is 17.5 Å². The van der Waals surface area contributed by atoms with Gasteiger partial charge in [-0.1, -0.05) is 30.9 Å². The van der Waals surface area contributed by atoms with E-state index in [0.29, 0.717) is 18.2 Å². The smallest absolute Gasteiger partial charge is 0.240 e. The van der Waals surface area contributed by atoms with Gasteiger partial charge < -0.3 is 15.8 Å². The zero-order chi connectivity index (χ0) is 14.4. The van der Waals surface area contributed by atoms with Crippen LogP contribution in [0.5, 0.6) is 5.75 Å². The highest BCUT2D eigenvalue weighted by Gasteiger charge is 2.34. The van der Waals surface area contributed by atoms with Crippen LogP contribution in [0, 0.1) is 0 Å². The Bertz CT molecular complexity index is 442. The number of halogens is 1. The molecule has 1 amide bonds. The number of benzene rings is 1. The first-order chi connectivity index (χ1) is 9.60. The predicted octanol–water partition coefficient (Wildman–Crippen LogP) is 2.50. The lowest BCUT2D eigenvalue weighted by Crippen LogP contribution is -2.55. The topological polar surface area (TPSA) is 64.4 Å². The Hall–Kier alpha value is -1.26. The van der Waals surface area contributed by atoms with Crippen LogP contribution in [-0.4, -0.2) is 24.6 Å². The van der Waals surface area contributed by atoms with E-state index in [0.717, 1.165) is 31.4 Å². The summed E-state index contributed by atoms with van der Waals surface area (Å²) in [6.07, 6.45) is 4.79. The fourth-order valence-electron chi connectivity index (χ4n) is 2.45. The number of rotatable bonds is 5. The van der Waals surface area contributed by atoms with E-state index in [1.807, 2.05) is 0 Å². The minimum absolute atomic E-state index is 0.0584. The fourth-order valence-corrected chi connectivity index (χ4v) is 2.58. The Morgan fingerprint density at radius 2 is 1.90 bits per heavy atom. The van der Waals surface area contributed by atoms with Crippen LogP contribution in [0.3, 0.4) is 0 Å². The van der Waals surface area contributed by atoms with Gasteiger partial charge in [-0.25, -0.2) is 0 Å². The van der Waals surface area contributed by atoms with Crippen LogP contribution in [0.25, 0.3) is 0 Å². The summed E-state index contributed by atoms with van der Waals surface area (Å²) < 4.78 is 5.52. The zero-order valence-corrected chi connectivity index (χ0v) is 12.3. The minimum atomic E-state index is -0.682. The Kier molecular flexibility index (Phi) is 5.26. The second-order valence-electron chi connectivity index (χ2n) is 5.28. The molecule has 0 radical (unpaired) electrons. The molecule has 1 aliphatic rings. The van der Waals surface area contributed by atoms with E-state index in [-0.39, 0.29) is 5.91 Å². The summed E-state index contributed by atoms with van der Waals surface area (Å²) in [6.45, 7) is 0.879. The molecule has 0 aromatic heterocycles. The highest BCUT2D eigenvalue weighted by molar-refractivity contribution is 6.30. The normalized spacial score (nSPS) is 17.5. The molecule has 1 fully saturated rings. The summed E-state index contributed by atoms with van der Waals surface area (Å²) >= 11 is 5.79. The van der Waals surface area contributed by atoms with Gasteiger partial charge in [-0.05, 0) is 37.1 Å². The summed E-state index contributed by atoms with van der Waals surface area (Å²) in [4.78, 5) is 12.1. The third-order valence-electron chi connectivity index (χ3n) is 3.67. The van der Waals surface area contributed by atoms with Crippen LogP contribution < -0.4 is 15.8 Å². The molecule has 2 rings (SSSR count).